The van der Waals surface area contributed by atoms with Crippen LogP contribution in [0.5, 0.6) is 0 Å². The molecule has 0 fully saturated rings. The van der Waals surface area contributed by atoms with E-state index in [0.717, 1.165) is 12.5 Å². The molecule has 0 amide bonds. The lowest BCUT2D eigenvalue weighted by atomic mass is 10.0. The van der Waals surface area contributed by atoms with Gasteiger partial charge in [0.1, 0.15) is 0 Å². The molecule has 0 bridgehead atoms. The predicted molar refractivity (Wildman–Crippen MR) is 58.0 cm³/mol. The Bertz CT molecular complexity index is 115. The molecule has 1 N–H and O–H groups in total. The zero-order chi connectivity index (χ0) is 10.3. The highest BCUT2D eigenvalue weighted by Gasteiger charge is 2.15. The zero-order valence-corrected chi connectivity index (χ0v) is 9.76. The minimum absolute atomic E-state index is 0.318. The van der Waals surface area contributed by atoms with E-state index in [0.29, 0.717) is 12.1 Å². The number of methoxy groups -OCH3 is 1. The van der Waals surface area contributed by atoms with E-state index in [2.05, 4.69) is 33.0 Å². The van der Waals surface area contributed by atoms with Crippen LogP contribution in [0.15, 0.2) is 0 Å². The highest BCUT2D eigenvalue weighted by atomic mass is 16.5. The summed E-state index contributed by atoms with van der Waals surface area (Å²) in [5.74, 6) is 0.783. The van der Waals surface area contributed by atoms with Crippen molar-refractivity contribution in [2.75, 3.05) is 13.7 Å². The van der Waals surface area contributed by atoms with Crippen molar-refractivity contribution in [2.24, 2.45) is 5.92 Å². The van der Waals surface area contributed by atoms with Gasteiger partial charge in [-0.2, -0.15) is 0 Å². The predicted octanol–water partition coefficient (Wildman–Crippen LogP) is 2.44. The van der Waals surface area contributed by atoms with Crippen LogP contribution in [0.4, 0.5) is 0 Å². The van der Waals surface area contributed by atoms with Crippen LogP contribution in [0.2, 0.25) is 0 Å². The number of likely N-dealkylation sites (N-methyl/N-ethyl adjacent to an activating group) is 1. The minimum Gasteiger partial charge on any atom is -0.380 e. The Morgan fingerprint density at radius 3 is 2.15 bits per heavy atom. The van der Waals surface area contributed by atoms with Crippen molar-refractivity contribution >= 4 is 0 Å². The molecule has 0 heterocycles. The average Bonchev–Trinajstić information content (AvgIpc) is 2.10. The van der Waals surface area contributed by atoms with Gasteiger partial charge >= 0.3 is 0 Å². The summed E-state index contributed by atoms with van der Waals surface area (Å²) in [6.07, 6.45) is 2.80. The molecular formula is C11H25NO. The molecule has 2 atom stereocenters. The van der Waals surface area contributed by atoms with E-state index in [1.54, 1.807) is 7.11 Å². The number of ether oxygens (including phenoxy) is 1. The molecule has 0 radical (unpaired) electrons. The van der Waals surface area contributed by atoms with E-state index in [9.17, 15) is 0 Å². The van der Waals surface area contributed by atoms with Gasteiger partial charge in [-0.3, -0.25) is 0 Å². The van der Waals surface area contributed by atoms with Crippen molar-refractivity contribution in [3.05, 3.63) is 0 Å². The molecule has 0 saturated heterocycles. The fourth-order valence-electron chi connectivity index (χ4n) is 1.44. The first-order chi connectivity index (χ1) is 6.11. The zero-order valence-electron chi connectivity index (χ0n) is 9.76. The van der Waals surface area contributed by atoms with Gasteiger partial charge in [0.15, 0.2) is 0 Å². The number of hydrogen-bond acceptors (Lipinski definition) is 2. The van der Waals surface area contributed by atoms with Crippen LogP contribution >= 0.6 is 0 Å². The lowest BCUT2D eigenvalue weighted by molar-refractivity contribution is 0.0787. The van der Waals surface area contributed by atoms with E-state index in [1.165, 1.54) is 12.8 Å². The molecule has 2 heteroatoms. The quantitative estimate of drug-likeness (QED) is 0.661. The highest BCUT2D eigenvalue weighted by molar-refractivity contribution is 4.73. The van der Waals surface area contributed by atoms with Gasteiger partial charge in [0.25, 0.3) is 0 Å². The fraction of sp³-hybridized carbons (Fsp3) is 1.00. The second-order valence-corrected chi connectivity index (χ2v) is 4.08. The SMILES string of the molecule is CCNC(CCC(C)C)C(C)OC. The van der Waals surface area contributed by atoms with Gasteiger partial charge in [-0.1, -0.05) is 20.8 Å². The van der Waals surface area contributed by atoms with Gasteiger partial charge in [-0.25, -0.2) is 0 Å². The third kappa shape index (κ3) is 6.05. The topological polar surface area (TPSA) is 21.3 Å². The van der Waals surface area contributed by atoms with Gasteiger partial charge < -0.3 is 10.1 Å². The Labute approximate surface area is 83.1 Å². The van der Waals surface area contributed by atoms with Crippen LogP contribution in [0.25, 0.3) is 0 Å². The van der Waals surface area contributed by atoms with Gasteiger partial charge in [0.2, 0.25) is 0 Å². The first kappa shape index (κ1) is 12.9. The fourth-order valence-corrected chi connectivity index (χ4v) is 1.44. The molecule has 0 spiro atoms. The van der Waals surface area contributed by atoms with Gasteiger partial charge in [-0.05, 0) is 32.2 Å². The first-order valence-electron chi connectivity index (χ1n) is 5.38. The van der Waals surface area contributed by atoms with Crippen LogP contribution in [0.3, 0.4) is 0 Å². The minimum atomic E-state index is 0.318. The van der Waals surface area contributed by atoms with Crippen molar-refractivity contribution in [3.8, 4) is 0 Å². The Kier molecular flexibility index (Phi) is 7.29. The summed E-state index contributed by atoms with van der Waals surface area (Å²) in [5, 5.41) is 3.46. The van der Waals surface area contributed by atoms with Crippen molar-refractivity contribution < 1.29 is 4.74 Å². The standard InChI is InChI=1S/C11H25NO/c1-6-12-11(10(4)13-5)8-7-9(2)3/h9-12H,6-8H2,1-5H3. The molecule has 0 aromatic carbocycles. The summed E-state index contributed by atoms with van der Waals surface area (Å²) >= 11 is 0. The number of rotatable bonds is 7. The van der Waals surface area contributed by atoms with Crippen LogP contribution in [-0.4, -0.2) is 25.8 Å². The summed E-state index contributed by atoms with van der Waals surface area (Å²) in [6, 6.07) is 0.511. The molecule has 0 aliphatic rings. The van der Waals surface area contributed by atoms with Crippen molar-refractivity contribution in [2.45, 2.75) is 52.7 Å². The molecule has 0 aromatic rings. The van der Waals surface area contributed by atoms with Crippen LogP contribution in [0.1, 0.15) is 40.5 Å². The summed E-state index contributed by atoms with van der Waals surface area (Å²) in [7, 11) is 1.78. The maximum Gasteiger partial charge on any atom is 0.0696 e. The van der Waals surface area contributed by atoms with E-state index in [-0.39, 0.29) is 0 Å². The lowest BCUT2D eigenvalue weighted by Crippen LogP contribution is -2.39. The Hall–Kier alpha value is -0.0800. The van der Waals surface area contributed by atoms with Gasteiger partial charge in [0, 0.05) is 13.2 Å². The van der Waals surface area contributed by atoms with Gasteiger partial charge in [-0.15, -0.1) is 0 Å². The average molecular weight is 187 g/mol. The van der Waals surface area contributed by atoms with Crippen molar-refractivity contribution in [1.82, 2.24) is 5.32 Å². The van der Waals surface area contributed by atoms with E-state index in [1.807, 2.05) is 0 Å². The van der Waals surface area contributed by atoms with Crippen molar-refractivity contribution in [1.29, 1.82) is 0 Å². The van der Waals surface area contributed by atoms with E-state index in [4.69, 9.17) is 4.74 Å². The van der Waals surface area contributed by atoms with E-state index >= 15 is 0 Å². The Morgan fingerprint density at radius 1 is 1.15 bits per heavy atom. The molecule has 80 valence electrons. The normalized spacial score (nSPS) is 16.2. The van der Waals surface area contributed by atoms with Crippen LogP contribution < -0.4 is 5.32 Å². The van der Waals surface area contributed by atoms with Crippen molar-refractivity contribution in [3.63, 3.8) is 0 Å². The summed E-state index contributed by atoms with van der Waals surface area (Å²) < 4.78 is 5.33. The van der Waals surface area contributed by atoms with Crippen LogP contribution in [0, 0.1) is 5.92 Å². The molecule has 0 aromatic heterocycles. The Balaban J connectivity index is 3.79. The molecule has 0 aliphatic heterocycles. The number of nitrogens with one attached hydrogen (secondary N) is 1. The third-order valence-corrected chi connectivity index (χ3v) is 2.46. The Morgan fingerprint density at radius 2 is 1.77 bits per heavy atom. The molecule has 2 nitrogen and oxygen atoms in total. The maximum atomic E-state index is 5.33. The molecular weight excluding hydrogens is 162 g/mol. The summed E-state index contributed by atoms with van der Waals surface area (Å²) in [4.78, 5) is 0. The highest BCUT2D eigenvalue weighted by Crippen LogP contribution is 2.10. The second kappa shape index (κ2) is 7.34. The molecule has 0 saturated carbocycles. The number of hydrogen-bond donors (Lipinski definition) is 1. The molecule has 2 unspecified atom stereocenters. The summed E-state index contributed by atoms with van der Waals surface area (Å²) in [5.41, 5.74) is 0. The largest absolute Gasteiger partial charge is 0.380 e. The van der Waals surface area contributed by atoms with Gasteiger partial charge in [0.05, 0.1) is 6.10 Å². The second-order valence-electron chi connectivity index (χ2n) is 4.08. The van der Waals surface area contributed by atoms with Crippen LogP contribution in [-0.2, 0) is 4.74 Å². The monoisotopic (exact) mass is 187 g/mol. The smallest absolute Gasteiger partial charge is 0.0696 e. The maximum absolute atomic E-state index is 5.33. The summed E-state index contributed by atoms with van der Waals surface area (Å²) in [6.45, 7) is 9.83. The molecule has 0 aliphatic carbocycles. The molecule has 0 rings (SSSR count). The lowest BCUT2D eigenvalue weighted by Gasteiger charge is -2.24. The molecule has 13 heavy (non-hydrogen) atoms. The van der Waals surface area contributed by atoms with E-state index < -0.39 is 0 Å². The third-order valence-electron chi connectivity index (χ3n) is 2.46. The first-order valence-corrected chi connectivity index (χ1v) is 5.38.